The number of rotatable bonds is 6. The zero-order valence-corrected chi connectivity index (χ0v) is 9.18. The maximum absolute atomic E-state index is 5.05. The van der Waals surface area contributed by atoms with E-state index in [1.54, 1.807) is 7.11 Å². The van der Waals surface area contributed by atoms with Gasteiger partial charge in [0.1, 0.15) is 5.82 Å². The monoisotopic (exact) mass is 197 g/mol. The zero-order chi connectivity index (χ0) is 10.4. The molecule has 1 aromatic heterocycles. The molecule has 14 heavy (non-hydrogen) atoms. The first kappa shape index (κ1) is 11.2. The number of aryl methyl sites for hydroxylation is 2. The molecule has 0 atom stereocenters. The van der Waals surface area contributed by atoms with Gasteiger partial charge >= 0.3 is 0 Å². The maximum Gasteiger partial charge on any atom is 0.106 e. The van der Waals surface area contributed by atoms with Crippen LogP contribution in [0.4, 0.5) is 0 Å². The molecular formula is C10H19N3O. The normalized spacial score (nSPS) is 10.8. The summed E-state index contributed by atoms with van der Waals surface area (Å²) in [5, 5.41) is 3.12. The summed E-state index contributed by atoms with van der Waals surface area (Å²) in [6.45, 7) is 3.65. The van der Waals surface area contributed by atoms with Crippen molar-refractivity contribution in [1.29, 1.82) is 0 Å². The number of H-pyrrole nitrogens is 1. The molecule has 4 nitrogen and oxygen atoms in total. The molecule has 0 aliphatic carbocycles. The number of imidazole rings is 1. The number of nitrogens with zero attached hydrogens (tertiary/aromatic N) is 1. The summed E-state index contributed by atoms with van der Waals surface area (Å²) < 4.78 is 5.05. The number of methoxy groups -OCH3 is 1. The Morgan fingerprint density at radius 1 is 1.50 bits per heavy atom. The summed E-state index contributed by atoms with van der Waals surface area (Å²) >= 11 is 0. The van der Waals surface area contributed by atoms with Crippen molar-refractivity contribution in [2.75, 3.05) is 20.7 Å². The molecule has 0 bridgehead atoms. The Bertz CT molecular complexity index is 270. The third-order valence-corrected chi connectivity index (χ3v) is 2.16. The van der Waals surface area contributed by atoms with Crippen LogP contribution in [0, 0.1) is 6.92 Å². The van der Waals surface area contributed by atoms with E-state index in [0.717, 1.165) is 36.6 Å². The minimum Gasteiger partial charge on any atom is -0.378 e. The SMILES string of the molecule is CNCCCc1nc(COC)c(C)[nH]1. The standard InChI is InChI=1S/C10H19N3O/c1-8-9(7-14-3)13-10(12-8)5-4-6-11-2/h11H,4-7H2,1-3H3,(H,12,13). The molecule has 0 radical (unpaired) electrons. The minimum atomic E-state index is 0.592. The van der Waals surface area contributed by atoms with Gasteiger partial charge in [-0.3, -0.25) is 0 Å². The fourth-order valence-corrected chi connectivity index (χ4v) is 1.39. The minimum absolute atomic E-state index is 0.592. The second-order valence-electron chi connectivity index (χ2n) is 3.40. The molecular weight excluding hydrogens is 178 g/mol. The summed E-state index contributed by atoms with van der Waals surface area (Å²) in [4.78, 5) is 7.73. The van der Waals surface area contributed by atoms with Crippen LogP contribution in [-0.4, -0.2) is 30.7 Å². The van der Waals surface area contributed by atoms with Gasteiger partial charge in [-0.2, -0.15) is 0 Å². The summed E-state index contributed by atoms with van der Waals surface area (Å²) in [6, 6.07) is 0. The lowest BCUT2D eigenvalue weighted by Crippen LogP contribution is -2.08. The van der Waals surface area contributed by atoms with Crippen LogP contribution in [0.1, 0.15) is 23.6 Å². The van der Waals surface area contributed by atoms with E-state index in [9.17, 15) is 0 Å². The van der Waals surface area contributed by atoms with Gasteiger partial charge in [-0.1, -0.05) is 0 Å². The van der Waals surface area contributed by atoms with Crippen molar-refractivity contribution in [2.45, 2.75) is 26.4 Å². The number of hydrogen-bond donors (Lipinski definition) is 2. The molecule has 0 aliphatic rings. The summed E-state index contributed by atoms with van der Waals surface area (Å²) in [6.07, 6.45) is 2.10. The van der Waals surface area contributed by atoms with Crippen LogP contribution in [0.25, 0.3) is 0 Å². The van der Waals surface area contributed by atoms with Gasteiger partial charge in [0.2, 0.25) is 0 Å². The van der Waals surface area contributed by atoms with Gasteiger partial charge in [0, 0.05) is 19.2 Å². The lowest BCUT2D eigenvalue weighted by Gasteiger charge is -1.96. The predicted octanol–water partition coefficient (Wildman–Crippen LogP) is 1.02. The van der Waals surface area contributed by atoms with E-state index in [0.29, 0.717) is 6.61 Å². The van der Waals surface area contributed by atoms with E-state index in [1.807, 2.05) is 14.0 Å². The van der Waals surface area contributed by atoms with E-state index >= 15 is 0 Å². The van der Waals surface area contributed by atoms with Crippen LogP contribution in [0.3, 0.4) is 0 Å². The molecule has 0 fully saturated rings. The van der Waals surface area contributed by atoms with Gasteiger partial charge in [-0.15, -0.1) is 0 Å². The molecule has 80 valence electrons. The average molecular weight is 197 g/mol. The highest BCUT2D eigenvalue weighted by molar-refractivity contribution is 5.12. The van der Waals surface area contributed by atoms with Gasteiger partial charge < -0.3 is 15.0 Å². The van der Waals surface area contributed by atoms with E-state index < -0.39 is 0 Å². The maximum atomic E-state index is 5.05. The smallest absolute Gasteiger partial charge is 0.106 e. The highest BCUT2D eigenvalue weighted by Gasteiger charge is 2.05. The fraction of sp³-hybridized carbons (Fsp3) is 0.700. The molecule has 2 N–H and O–H groups in total. The van der Waals surface area contributed by atoms with Crippen LogP contribution in [-0.2, 0) is 17.8 Å². The summed E-state index contributed by atoms with van der Waals surface area (Å²) in [5.41, 5.74) is 2.14. The van der Waals surface area contributed by atoms with E-state index in [1.165, 1.54) is 0 Å². The first-order valence-electron chi connectivity index (χ1n) is 4.95. The van der Waals surface area contributed by atoms with E-state index in [-0.39, 0.29) is 0 Å². The van der Waals surface area contributed by atoms with Crippen LogP contribution in [0.5, 0.6) is 0 Å². The Hall–Kier alpha value is -0.870. The molecule has 0 amide bonds. The third-order valence-electron chi connectivity index (χ3n) is 2.16. The Kier molecular flexibility index (Phi) is 4.62. The first-order valence-corrected chi connectivity index (χ1v) is 4.95. The Labute approximate surface area is 85.1 Å². The molecule has 0 spiro atoms. The predicted molar refractivity (Wildman–Crippen MR) is 56.3 cm³/mol. The zero-order valence-electron chi connectivity index (χ0n) is 9.18. The molecule has 0 aromatic carbocycles. The highest BCUT2D eigenvalue weighted by atomic mass is 16.5. The molecule has 0 aliphatic heterocycles. The first-order chi connectivity index (χ1) is 6.77. The number of nitrogens with one attached hydrogen (secondary N) is 2. The Balaban J connectivity index is 2.48. The third kappa shape index (κ3) is 3.12. The number of aromatic nitrogens is 2. The van der Waals surface area contributed by atoms with Crippen molar-refractivity contribution in [3.8, 4) is 0 Å². The van der Waals surface area contributed by atoms with Gasteiger partial charge in [0.05, 0.1) is 12.3 Å². The van der Waals surface area contributed by atoms with Gasteiger partial charge in [0.25, 0.3) is 0 Å². The van der Waals surface area contributed by atoms with E-state index in [2.05, 4.69) is 15.3 Å². The average Bonchev–Trinajstić information content (AvgIpc) is 2.49. The molecule has 0 saturated carbocycles. The lowest BCUT2D eigenvalue weighted by molar-refractivity contribution is 0.181. The van der Waals surface area contributed by atoms with Gasteiger partial charge in [-0.05, 0) is 26.9 Å². The quantitative estimate of drug-likeness (QED) is 0.669. The van der Waals surface area contributed by atoms with Crippen molar-refractivity contribution in [3.63, 3.8) is 0 Å². The molecule has 1 aromatic rings. The Morgan fingerprint density at radius 2 is 2.29 bits per heavy atom. The Morgan fingerprint density at radius 3 is 2.93 bits per heavy atom. The van der Waals surface area contributed by atoms with Crippen LogP contribution < -0.4 is 5.32 Å². The molecule has 4 heteroatoms. The van der Waals surface area contributed by atoms with Crippen LogP contribution in [0.2, 0.25) is 0 Å². The van der Waals surface area contributed by atoms with Gasteiger partial charge in [-0.25, -0.2) is 4.98 Å². The lowest BCUT2D eigenvalue weighted by atomic mass is 10.3. The van der Waals surface area contributed by atoms with Crippen molar-refractivity contribution < 1.29 is 4.74 Å². The number of ether oxygens (including phenoxy) is 1. The topological polar surface area (TPSA) is 49.9 Å². The second-order valence-corrected chi connectivity index (χ2v) is 3.40. The van der Waals surface area contributed by atoms with Crippen molar-refractivity contribution in [2.24, 2.45) is 0 Å². The summed E-state index contributed by atoms with van der Waals surface area (Å²) in [7, 11) is 3.65. The molecule has 0 saturated heterocycles. The van der Waals surface area contributed by atoms with Crippen molar-refractivity contribution >= 4 is 0 Å². The largest absolute Gasteiger partial charge is 0.378 e. The van der Waals surface area contributed by atoms with Crippen molar-refractivity contribution in [3.05, 3.63) is 17.2 Å². The fourth-order valence-electron chi connectivity index (χ4n) is 1.39. The van der Waals surface area contributed by atoms with Crippen molar-refractivity contribution in [1.82, 2.24) is 15.3 Å². The molecule has 1 heterocycles. The molecule has 0 unspecified atom stereocenters. The van der Waals surface area contributed by atoms with Gasteiger partial charge in [0.15, 0.2) is 0 Å². The molecule has 1 rings (SSSR count). The van der Waals surface area contributed by atoms with E-state index in [4.69, 9.17) is 4.74 Å². The second kappa shape index (κ2) is 5.78. The van der Waals surface area contributed by atoms with Crippen LogP contribution >= 0.6 is 0 Å². The number of hydrogen-bond acceptors (Lipinski definition) is 3. The number of aromatic amines is 1. The highest BCUT2D eigenvalue weighted by Crippen LogP contribution is 2.07. The summed E-state index contributed by atoms with van der Waals surface area (Å²) in [5.74, 6) is 1.06. The van der Waals surface area contributed by atoms with Crippen LogP contribution in [0.15, 0.2) is 0 Å².